The largest absolute Gasteiger partial charge is 0.507 e. The molecule has 4 nitrogen and oxygen atoms in total. The molecule has 2 aromatic rings. The van der Waals surface area contributed by atoms with Gasteiger partial charge in [-0.15, -0.1) is 11.3 Å². The molecule has 1 unspecified atom stereocenters. The molecule has 2 N–H and O–H groups in total. The lowest BCUT2D eigenvalue weighted by Gasteiger charge is -2.23. The summed E-state index contributed by atoms with van der Waals surface area (Å²) in [6.07, 6.45) is 0. The molecule has 1 heterocycles. The van der Waals surface area contributed by atoms with Crippen molar-refractivity contribution >= 4 is 17.2 Å². The fourth-order valence-electron chi connectivity index (χ4n) is 1.97. The highest BCUT2D eigenvalue weighted by atomic mass is 32.1. The molecule has 0 aliphatic heterocycles. The van der Waals surface area contributed by atoms with Crippen LogP contribution in [0.25, 0.3) is 0 Å². The van der Waals surface area contributed by atoms with Crippen LogP contribution in [0.3, 0.4) is 0 Å². The highest BCUT2D eigenvalue weighted by molar-refractivity contribution is 7.10. The Hall–Kier alpha value is -1.85. The number of hydrogen-bond acceptors (Lipinski definition) is 4. The van der Waals surface area contributed by atoms with Crippen LogP contribution in [0.2, 0.25) is 0 Å². The molecule has 0 fully saturated rings. The van der Waals surface area contributed by atoms with E-state index < -0.39 is 0 Å². The highest BCUT2D eigenvalue weighted by Gasteiger charge is 2.17. The fraction of sp³-hybridized carbons (Fsp3) is 0.267. The van der Waals surface area contributed by atoms with Gasteiger partial charge in [0.15, 0.2) is 0 Å². The molecule has 1 aromatic carbocycles. The second-order valence-corrected chi connectivity index (χ2v) is 5.70. The lowest BCUT2D eigenvalue weighted by molar-refractivity contribution is 0.0939. The number of rotatable bonds is 5. The van der Waals surface area contributed by atoms with E-state index in [4.69, 9.17) is 0 Å². The van der Waals surface area contributed by atoms with Crippen molar-refractivity contribution < 1.29 is 9.90 Å². The summed E-state index contributed by atoms with van der Waals surface area (Å²) in [5.41, 5.74) is 0.302. The van der Waals surface area contributed by atoms with E-state index >= 15 is 0 Å². The van der Waals surface area contributed by atoms with E-state index in [1.807, 2.05) is 25.5 Å². The Morgan fingerprint density at radius 2 is 2.05 bits per heavy atom. The number of aromatic hydroxyl groups is 1. The lowest BCUT2D eigenvalue weighted by atomic mass is 10.1. The molecule has 1 atom stereocenters. The zero-order valence-electron chi connectivity index (χ0n) is 11.5. The van der Waals surface area contributed by atoms with Gasteiger partial charge < -0.3 is 15.3 Å². The van der Waals surface area contributed by atoms with Gasteiger partial charge in [0, 0.05) is 11.4 Å². The Labute approximate surface area is 122 Å². The summed E-state index contributed by atoms with van der Waals surface area (Å²) in [5, 5.41) is 14.6. The Balaban J connectivity index is 2.03. The van der Waals surface area contributed by atoms with Crippen molar-refractivity contribution in [1.29, 1.82) is 0 Å². The fourth-order valence-corrected chi connectivity index (χ4v) is 2.89. The van der Waals surface area contributed by atoms with Crippen LogP contribution in [-0.4, -0.2) is 36.6 Å². The molecule has 106 valence electrons. The predicted molar refractivity (Wildman–Crippen MR) is 81.2 cm³/mol. The number of carbonyl (C=O) groups excluding carboxylic acids is 1. The zero-order valence-corrected chi connectivity index (χ0v) is 12.4. The standard InChI is InChI=1S/C15H18N2O2S/c1-17(2)12(14-8-5-9-20-14)10-16-15(19)11-6-3-4-7-13(11)18/h3-9,12,18H,10H2,1-2H3,(H,16,19). The van der Waals surface area contributed by atoms with Crippen molar-refractivity contribution in [3.8, 4) is 5.75 Å². The molecular weight excluding hydrogens is 272 g/mol. The SMILES string of the molecule is CN(C)C(CNC(=O)c1ccccc1O)c1cccs1. The van der Waals surface area contributed by atoms with Crippen LogP contribution in [0.15, 0.2) is 41.8 Å². The lowest BCUT2D eigenvalue weighted by Crippen LogP contribution is -2.34. The normalized spacial score (nSPS) is 12.3. The number of benzene rings is 1. The van der Waals surface area contributed by atoms with Gasteiger partial charge in [-0.25, -0.2) is 0 Å². The van der Waals surface area contributed by atoms with Gasteiger partial charge >= 0.3 is 0 Å². The van der Waals surface area contributed by atoms with Crippen molar-refractivity contribution in [2.45, 2.75) is 6.04 Å². The average molecular weight is 290 g/mol. The highest BCUT2D eigenvalue weighted by Crippen LogP contribution is 2.22. The molecule has 0 bridgehead atoms. The number of likely N-dealkylation sites (N-methyl/N-ethyl adjacent to an activating group) is 1. The van der Waals surface area contributed by atoms with Gasteiger partial charge in [0.25, 0.3) is 5.91 Å². The third-order valence-electron chi connectivity index (χ3n) is 3.10. The van der Waals surface area contributed by atoms with Crippen LogP contribution in [0.1, 0.15) is 21.3 Å². The maximum Gasteiger partial charge on any atom is 0.255 e. The minimum absolute atomic E-state index is 0.00234. The number of para-hydroxylation sites is 1. The van der Waals surface area contributed by atoms with Crippen molar-refractivity contribution in [1.82, 2.24) is 10.2 Å². The van der Waals surface area contributed by atoms with Crippen LogP contribution in [0.5, 0.6) is 5.75 Å². The van der Waals surface area contributed by atoms with Crippen LogP contribution in [-0.2, 0) is 0 Å². The van der Waals surface area contributed by atoms with E-state index in [-0.39, 0.29) is 17.7 Å². The van der Waals surface area contributed by atoms with Gasteiger partial charge in [-0.05, 0) is 37.7 Å². The number of carbonyl (C=O) groups is 1. The van der Waals surface area contributed by atoms with Crippen LogP contribution < -0.4 is 5.32 Å². The monoisotopic (exact) mass is 290 g/mol. The molecule has 1 aromatic heterocycles. The van der Waals surface area contributed by atoms with Gasteiger partial charge in [-0.1, -0.05) is 18.2 Å². The minimum Gasteiger partial charge on any atom is -0.507 e. The molecule has 5 heteroatoms. The smallest absolute Gasteiger partial charge is 0.255 e. The summed E-state index contributed by atoms with van der Waals surface area (Å²) in [5.74, 6) is -0.256. The first-order chi connectivity index (χ1) is 9.59. The van der Waals surface area contributed by atoms with Crippen molar-refractivity contribution in [2.75, 3.05) is 20.6 Å². The quantitative estimate of drug-likeness (QED) is 0.889. The first-order valence-corrected chi connectivity index (χ1v) is 7.23. The van der Waals surface area contributed by atoms with Crippen LogP contribution >= 0.6 is 11.3 Å². The summed E-state index contributed by atoms with van der Waals surface area (Å²) in [6.45, 7) is 0.501. The van der Waals surface area contributed by atoms with Gasteiger partial charge in [-0.2, -0.15) is 0 Å². The molecule has 2 rings (SSSR count). The number of phenols is 1. The van der Waals surface area contributed by atoms with Crippen molar-refractivity contribution in [3.63, 3.8) is 0 Å². The topological polar surface area (TPSA) is 52.6 Å². The molecule has 20 heavy (non-hydrogen) atoms. The molecular formula is C15H18N2O2S. The summed E-state index contributed by atoms with van der Waals surface area (Å²) in [7, 11) is 3.97. The summed E-state index contributed by atoms with van der Waals surface area (Å²) in [6, 6.07) is 10.7. The molecule has 0 saturated heterocycles. The first-order valence-electron chi connectivity index (χ1n) is 6.35. The summed E-state index contributed by atoms with van der Waals surface area (Å²) < 4.78 is 0. The third-order valence-corrected chi connectivity index (χ3v) is 4.07. The van der Waals surface area contributed by atoms with Crippen molar-refractivity contribution in [2.24, 2.45) is 0 Å². The molecule has 0 aliphatic rings. The second kappa shape index (κ2) is 6.54. The Kier molecular flexibility index (Phi) is 4.76. The van der Waals surface area contributed by atoms with Gasteiger partial charge in [0.05, 0.1) is 11.6 Å². The van der Waals surface area contributed by atoms with Gasteiger partial charge in [-0.3, -0.25) is 4.79 Å². The number of hydrogen-bond donors (Lipinski definition) is 2. The summed E-state index contributed by atoms with van der Waals surface area (Å²) >= 11 is 1.67. The third kappa shape index (κ3) is 3.37. The average Bonchev–Trinajstić information content (AvgIpc) is 2.92. The summed E-state index contributed by atoms with van der Waals surface area (Å²) in [4.78, 5) is 15.3. The predicted octanol–water partition coefficient (Wildman–Crippen LogP) is 2.49. The maximum absolute atomic E-state index is 12.1. The molecule has 1 amide bonds. The number of nitrogens with zero attached hydrogens (tertiary/aromatic N) is 1. The van der Waals surface area contributed by atoms with Crippen LogP contribution in [0.4, 0.5) is 0 Å². The number of amides is 1. The maximum atomic E-state index is 12.1. The number of phenolic OH excluding ortho intramolecular Hbond substituents is 1. The van der Waals surface area contributed by atoms with E-state index in [0.717, 1.165) is 0 Å². The molecule has 0 saturated carbocycles. The Morgan fingerprint density at radius 1 is 1.30 bits per heavy atom. The van der Waals surface area contributed by atoms with E-state index in [1.54, 1.807) is 29.5 Å². The molecule has 0 spiro atoms. The Bertz CT molecular complexity index is 567. The minimum atomic E-state index is -0.258. The number of nitrogens with one attached hydrogen (secondary N) is 1. The van der Waals surface area contributed by atoms with Gasteiger partial charge in [0.1, 0.15) is 5.75 Å². The molecule has 0 radical (unpaired) electrons. The molecule has 0 aliphatic carbocycles. The van der Waals surface area contributed by atoms with E-state index in [1.165, 1.54) is 10.9 Å². The second-order valence-electron chi connectivity index (χ2n) is 4.72. The van der Waals surface area contributed by atoms with E-state index in [9.17, 15) is 9.90 Å². The Morgan fingerprint density at radius 3 is 2.65 bits per heavy atom. The van der Waals surface area contributed by atoms with Crippen LogP contribution in [0, 0.1) is 0 Å². The van der Waals surface area contributed by atoms with Gasteiger partial charge in [0.2, 0.25) is 0 Å². The van der Waals surface area contributed by atoms with E-state index in [2.05, 4.69) is 16.3 Å². The number of thiophene rings is 1. The first kappa shape index (κ1) is 14.6. The van der Waals surface area contributed by atoms with E-state index in [0.29, 0.717) is 12.1 Å². The van der Waals surface area contributed by atoms with Crippen molar-refractivity contribution in [3.05, 3.63) is 52.2 Å². The zero-order chi connectivity index (χ0) is 14.5.